The van der Waals surface area contributed by atoms with E-state index in [0.717, 1.165) is 34.9 Å². The van der Waals surface area contributed by atoms with Crippen molar-refractivity contribution >= 4 is 32.7 Å². The summed E-state index contributed by atoms with van der Waals surface area (Å²) in [5.41, 5.74) is 3.92. The van der Waals surface area contributed by atoms with Crippen LogP contribution < -0.4 is 9.64 Å². The van der Waals surface area contributed by atoms with Crippen molar-refractivity contribution in [3.63, 3.8) is 0 Å². The van der Waals surface area contributed by atoms with Crippen LogP contribution in [0.25, 0.3) is 10.2 Å². The van der Waals surface area contributed by atoms with Crippen LogP contribution in [0.5, 0.6) is 5.75 Å². The van der Waals surface area contributed by atoms with E-state index in [9.17, 15) is 4.79 Å². The van der Waals surface area contributed by atoms with E-state index in [-0.39, 0.29) is 5.97 Å². The summed E-state index contributed by atoms with van der Waals surface area (Å²) in [5.74, 6) is 0.214. The Balaban J connectivity index is 1.27. The SMILES string of the molecule is O=C(Oc1ccc2nc(N3CCCCC3)sc2c1)c1ccc(Cc2ccccc2)cc1. The molecule has 1 saturated heterocycles. The van der Waals surface area contributed by atoms with Crippen LogP contribution >= 0.6 is 11.3 Å². The van der Waals surface area contributed by atoms with E-state index < -0.39 is 0 Å². The maximum Gasteiger partial charge on any atom is 0.343 e. The Hall–Kier alpha value is -3.18. The van der Waals surface area contributed by atoms with Gasteiger partial charge in [0.25, 0.3) is 0 Å². The first-order valence-corrected chi connectivity index (χ1v) is 11.6. The summed E-state index contributed by atoms with van der Waals surface area (Å²) in [6.45, 7) is 2.14. The minimum absolute atomic E-state index is 0.341. The highest BCUT2D eigenvalue weighted by Gasteiger charge is 2.16. The molecule has 2 heterocycles. The van der Waals surface area contributed by atoms with Gasteiger partial charge in [0.05, 0.1) is 15.8 Å². The fourth-order valence-corrected chi connectivity index (χ4v) is 4.98. The fraction of sp³-hybridized carbons (Fsp3) is 0.231. The highest BCUT2D eigenvalue weighted by molar-refractivity contribution is 7.22. The molecule has 1 aliphatic rings. The Bertz CT molecular complexity index is 1180. The van der Waals surface area contributed by atoms with Crippen molar-refractivity contribution in [1.29, 1.82) is 0 Å². The summed E-state index contributed by atoms with van der Waals surface area (Å²) in [5, 5.41) is 1.06. The monoisotopic (exact) mass is 428 g/mol. The lowest BCUT2D eigenvalue weighted by Gasteiger charge is -2.25. The summed E-state index contributed by atoms with van der Waals surface area (Å²) >= 11 is 1.67. The number of thiazole rings is 1. The van der Waals surface area contributed by atoms with Crippen molar-refractivity contribution in [2.24, 2.45) is 0 Å². The molecule has 1 aromatic heterocycles. The number of esters is 1. The minimum atomic E-state index is -0.341. The van der Waals surface area contributed by atoms with Crippen LogP contribution in [0.15, 0.2) is 72.8 Å². The molecule has 4 nitrogen and oxygen atoms in total. The average Bonchev–Trinajstić information content (AvgIpc) is 3.24. The van der Waals surface area contributed by atoms with Gasteiger partial charge >= 0.3 is 5.97 Å². The van der Waals surface area contributed by atoms with Crippen molar-refractivity contribution in [2.45, 2.75) is 25.7 Å². The van der Waals surface area contributed by atoms with E-state index >= 15 is 0 Å². The Labute approximate surface area is 186 Å². The molecule has 0 unspecified atom stereocenters. The summed E-state index contributed by atoms with van der Waals surface area (Å²) in [6, 6.07) is 23.6. The van der Waals surface area contributed by atoms with Crippen LogP contribution in [0.1, 0.15) is 40.7 Å². The van der Waals surface area contributed by atoms with Gasteiger partial charge in [0.15, 0.2) is 5.13 Å². The maximum absolute atomic E-state index is 12.6. The third-order valence-electron chi connectivity index (χ3n) is 5.63. The van der Waals surface area contributed by atoms with E-state index in [2.05, 4.69) is 17.0 Å². The number of carbonyl (C=O) groups excluding carboxylic acids is 1. The van der Waals surface area contributed by atoms with E-state index in [0.29, 0.717) is 11.3 Å². The molecule has 5 rings (SSSR count). The number of ether oxygens (including phenoxy) is 1. The summed E-state index contributed by atoms with van der Waals surface area (Å²) in [4.78, 5) is 19.8. The van der Waals surface area contributed by atoms with Crippen LogP contribution in [-0.2, 0) is 6.42 Å². The smallest absolute Gasteiger partial charge is 0.343 e. The number of hydrogen-bond acceptors (Lipinski definition) is 5. The third kappa shape index (κ3) is 4.62. The van der Waals surface area contributed by atoms with Gasteiger partial charge in [-0.15, -0.1) is 0 Å². The Morgan fingerprint density at radius 1 is 0.903 bits per heavy atom. The van der Waals surface area contributed by atoms with Crippen LogP contribution in [-0.4, -0.2) is 24.0 Å². The molecule has 0 spiro atoms. The van der Waals surface area contributed by atoms with Gasteiger partial charge in [-0.05, 0) is 61.1 Å². The summed E-state index contributed by atoms with van der Waals surface area (Å²) in [6.07, 6.45) is 4.60. The standard InChI is InChI=1S/C26H24N2O2S/c29-25(21-11-9-20(10-12-21)17-19-7-3-1-4-8-19)30-22-13-14-23-24(18-22)31-26(27-23)28-15-5-2-6-16-28/h1,3-4,7-14,18H,2,5-6,15-17H2. The van der Waals surface area contributed by atoms with Gasteiger partial charge in [-0.1, -0.05) is 53.8 Å². The molecule has 156 valence electrons. The first kappa shape index (κ1) is 19.8. The van der Waals surface area contributed by atoms with Crippen molar-refractivity contribution in [3.05, 3.63) is 89.5 Å². The predicted molar refractivity (Wildman–Crippen MR) is 126 cm³/mol. The van der Waals surface area contributed by atoms with Gasteiger partial charge < -0.3 is 9.64 Å². The molecule has 0 radical (unpaired) electrons. The number of anilines is 1. The lowest BCUT2D eigenvalue weighted by Crippen LogP contribution is -2.29. The molecule has 0 saturated carbocycles. The van der Waals surface area contributed by atoms with Gasteiger partial charge in [-0.3, -0.25) is 0 Å². The van der Waals surface area contributed by atoms with Crippen LogP contribution in [0.4, 0.5) is 5.13 Å². The van der Waals surface area contributed by atoms with Gasteiger partial charge in [-0.25, -0.2) is 9.78 Å². The number of rotatable bonds is 5. The van der Waals surface area contributed by atoms with Crippen LogP contribution in [0.3, 0.4) is 0 Å². The number of aromatic nitrogens is 1. The van der Waals surface area contributed by atoms with Crippen molar-refractivity contribution in [1.82, 2.24) is 4.98 Å². The molecule has 0 bridgehead atoms. The zero-order valence-corrected chi connectivity index (χ0v) is 18.1. The predicted octanol–water partition coefficient (Wildman–Crippen LogP) is 6.10. The molecule has 4 aromatic rings. The Morgan fingerprint density at radius 3 is 2.42 bits per heavy atom. The van der Waals surface area contributed by atoms with Gasteiger partial charge in [0.1, 0.15) is 5.75 Å². The summed E-state index contributed by atoms with van der Waals surface area (Å²) in [7, 11) is 0. The lowest BCUT2D eigenvalue weighted by molar-refractivity contribution is 0.0735. The highest BCUT2D eigenvalue weighted by atomic mass is 32.1. The Morgan fingerprint density at radius 2 is 1.65 bits per heavy atom. The molecule has 1 fully saturated rings. The van der Waals surface area contributed by atoms with E-state index in [1.807, 2.05) is 60.7 Å². The van der Waals surface area contributed by atoms with Crippen molar-refractivity contribution in [2.75, 3.05) is 18.0 Å². The normalized spacial score (nSPS) is 14.0. The number of benzene rings is 3. The maximum atomic E-state index is 12.6. The van der Waals surface area contributed by atoms with Crippen LogP contribution in [0.2, 0.25) is 0 Å². The fourth-order valence-electron chi connectivity index (χ4n) is 3.93. The minimum Gasteiger partial charge on any atom is -0.423 e. The van der Waals surface area contributed by atoms with E-state index in [1.54, 1.807) is 11.3 Å². The van der Waals surface area contributed by atoms with E-state index in [1.165, 1.54) is 30.4 Å². The number of piperidine rings is 1. The highest BCUT2D eigenvalue weighted by Crippen LogP contribution is 2.33. The molecule has 0 amide bonds. The number of hydrogen-bond donors (Lipinski definition) is 0. The number of fused-ring (bicyclic) bond motifs is 1. The third-order valence-corrected chi connectivity index (χ3v) is 6.71. The van der Waals surface area contributed by atoms with Gasteiger partial charge in [0, 0.05) is 19.2 Å². The zero-order chi connectivity index (χ0) is 21.0. The van der Waals surface area contributed by atoms with Gasteiger partial charge in [0.2, 0.25) is 0 Å². The van der Waals surface area contributed by atoms with Gasteiger partial charge in [-0.2, -0.15) is 0 Å². The molecule has 5 heteroatoms. The van der Waals surface area contributed by atoms with Crippen molar-refractivity contribution in [3.8, 4) is 5.75 Å². The quantitative estimate of drug-likeness (QED) is 0.285. The van der Waals surface area contributed by atoms with Crippen molar-refractivity contribution < 1.29 is 9.53 Å². The molecule has 0 atom stereocenters. The first-order valence-electron chi connectivity index (χ1n) is 10.8. The second kappa shape index (κ2) is 8.90. The molecule has 1 aliphatic heterocycles. The molecular formula is C26H24N2O2S. The molecule has 31 heavy (non-hydrogen) atoms. The van der Waals surface area contributed by atoms with Crippen LogP contribution in [0, 0.1) is 0 Å². The Kier molecular flexibility index (Phi) is 5.67. The number of carbonyl (C=O) groups is 1. The molecule has 3 aromatic carbocycles. The first-order chi connectivity index (χ1) is 15.2. The second-order valence-electron chi connectivity index (χ2n) is 7.92. The molecular weight excluding hydrogens is 404 g/mol. The average molecular weight is 429 g/mol. The zero-order valence-electron chi connectivity index (χ0n) is 17.3. The summed E-state index contributed by atoms with van der Waals surface area (Å²) < 4.78 is 6.69. The molecule has 0 aliphatic carbocycles. The molecule has 0 N–H and O–H groups in total. The lowest BCUT2D eigenvalue weighted by atomic mass is 10.0. The second-order valence-corrected chi connectivity index (χ2v) is 8.93. The van der Waals surface area contributed by atoms with E-state index in [4.69, 9.17) is 9.72 Å². The topological polar surface area (TPSA) is 42.4 Å². The number of nitrogens with zero attached hydrogens (tertiary/aromatic N) is 2. The largest absolute Gasteiger partial charge is 0.423 e.